The number of hydrogen-bond acceptors (Lipinski definition) is 5. The van der Waals surface area contributed by atoms with Gasteiger partial charge in [0.25, 0.3) is 5.91 Å². The third kappa shape index (κ3) is 5.52. The Morgan fingerprint density at radius 1 is 1.00 bits per heavy atom. The molecule has 0 bridgehead atoms. The predicted molar refractivity (Wildman–Crippen MR) is 123 cm³/mol. The van der Waals surface area contributed by atoms with E-state index in [4.69, 9.17) is 0 Å². The maximum atomic E-state index is 12.9. The Kier molecular flexibility index (Phi) is 6.97. The Morgan fingerprint density at radius 2 is 1.67 bits per heavy atom. The molecule has 1 saturated carbocycles. The maximum absolute atomic E-state index is 12.9. The van der Waals surface area contributed by atoms with Gasteiger partial charge in [-0.1, -0.05) is 25.1 Å². The molecule has 2 aliphatic heterocycles. The van der Waals surface area contributed by atoms with Gasteiger partial charge >= 0.3 is 6.03 Å². The number of imide groups is 1. The zero-order valence-corrected chi connectivity index (χ0v) is 19.1. The number of carbonyl (C=O) groups is 4. The summed E-state index contributed by atoms with van der Waals surface area (Å²) in [5.74, 6) is -0.102. The zero-order chi connectivity index (χ0) is 23.4. The fraction of sp³-hybridized carbons (Fsp3) is 0.583. The highest BCUT2D eigenvalue weighted by atomic mass is 16.2. The lowest BCUT2D eigenvalue weighted by atomic mass is 9.77. The van der Waals surface area contributed by atoms with E-state index < -0.39 is 11.6 Å². The van der Waals surface area contributed by atoms with E-state index in [1.54, 1.807) is 0 Å². The molecule has 1 spiro atoms. The second-order valence-corrected chi connectivity index (χ2v) is 9.62. The van der Waals surface area contributed by atoms with Crippen molar-refractivity contribution >= 4 is 29.4 Å². The van der Waals surface area contributed by atoms with E-state index in [1.165, 1.54) is 0 Å². The molecule has 3 aliphatic rings. The van der Waals surface area contributed by atoms with Gasteiger partial charge < -0.3 is 16.0 Å². The molecule has 33 heavy (non-hydrogen) atoms. The molecule has 9 heteroatoms. The fourth-order valence-corrected chi connectivity index (χ4v) is 4.99. The maximum Gasteiger partial charge on any atom is 0.325 e. The Hall–Kier alpha value is -2.94. The number of rotatable bonds is 6. The molecule has 9 nitrogen and oxygen atoms in total. The van der Waals surface area contributed by atoms with E-state index >= 15 is 0 Å². The first-order valence-electron chi connectivity index (χ1n) is 11.9. The Labute approximate surface area is 194 Å². The second-order valence-electron chi connectivity index (χ2n) is 9.62. The molecule has 2 heterocycles. The van der Waals surface area contributed by atoms with Gasteiger partial charge in [0, 0.05) is 24.8 Å². The van der Waals surface area contributed by atoms with Gasteiger partial charge in [-0.2, -0.15) is 0 Å². The molecule has 0 atom stereocenters. The van der Waals surface area contributed by atoms with Crippen molar-refractivity contribution in [1.29, 1.82) is 0 Å². The topological polar surface area (TPSA) is 111 Å². The summed E-state index contributed by atoms with van der Waals surface area (Å²) in [6.07, 6.45) is 4.49. The minimum Gasteiger partial charge on any atom is -0.352 e. The van der Waals surface area contributed by atoms with Crippen LogP contribution in [0.1, 0.15) is 45.4 Å². The molecule has 4 rings (SSSR count). The average molecular weight is 456 g/mol. The second kappa shape index (κ2) is 9.91. The number of likely N-dealkylation sites (tertiary alicyclic amines) is 1. The van der Waals surface area contributed by atoms with E-state index in [-0.39, 0.29) is 30.3 Å². The van der Waals surface area contributed by atoms with Crippen molar-refractivity contribution in [2.75, 3.05) is 31.5 Å². The number of amides is 5. The van der Waals surface area contributed by atoms with Crippen molar-refractivity contribution in [1.82, 2.24) is 20.4 Å². The molecular formula is C24H33N5O4. The number of urea groups is 1. The van der Waals surface area contributed by atoms with Crippen LogP contribution in [0.25, 0.3) is 0 Å². The molecular weight excluding hydrogens is 422 g/mol. The quantitative estimate of drug-likeness (QED) is 0.566. The number of piperidine rings is 1. The van der Waals surface area contributed by atoms with Crippen LogP contribution in [0.5, 0.6) is 0 Å². The lowest BCUT2D eigenvalue weighted by Crippen LogP contribution is -2.51. The first kappa shape index (κ1) is 23.2. The molecule has 3 fully saturated rings. The first-order chi connectivity index (χ1) is 15.8. The minimum absolute atomic E-state index is 0.0313. The summed E-state index contributed by atoms with van der Waals surface area (Å²) in [5, 5.41) is 8.69. The van der Waals surface area contributed by atoms with Crippen LogP contribution in [0, 0.1) is 5.92 Å². The van der Waals surface area contributed by atoms with Gasteiger partial charge in [-0.25, -0.2) is 4.79 Å². The third-order valence-electron chi connectivity index (χ3n) is 7.05. The van der Waals surface area contributed by atoms with Crippen molar-refractivity contribution in [2.45, 2.75) is 57.0 Å². The van der Waals surface area contributed by atoms with Crippen LogP contribution in [0.2, 0.25) is 0 Å². The summed E-state index contributed by atoms with van der Waals surface area (Å²) in [5.41, 5.74) is -0.0510. The van der Waals surface area contributed by atoms with Crippen LogP contribution < -0.4 is 16.0 Å². The first-order valence-corrected chi connectivity index (χ1v) is 11.9. The van der Waals surface area contributed by atoms with Gasteiger partial charge in [0.05, 0.1) is 6.54 Å². The molecule has 0 unspecified atom stereocenters. The summed E-state index contributed by atoms with van der Waals surface area (Å²) < 4.78 is 0. The van der Waals surface area contributed by atoms with Crippen molar-refractivity contribution in [3.8, 4) is 0 Å². The van der Waals surface area contributed by atoms with E-state index in [0.717, 1.165) is 23.4 Å². The summed E-state index contributed by atoms with van der Waals surface area (Å²) >= 11 is 0. The molecule has 1 aliphatic carbocycles. The largest absolute Gasteiger partial charge is 0.352 e. The van der Waals surface area contributed by atoms with Crippen LogP contribution >= 0.6 is 0 Å². The van der Waals surface area contributed by atoms with E-state index in [0.29, 0.717) is 51.2 Å². The van der Waals surface area contributed by atoms with Gasteiger partial charge in [-0.15, -0.1) is 0 Å². The van der Waals surface area contributed by atoms with Crippen LogP contribution in [0.3, 0.4) is 0 Å². The minimum atomic E-state index is -0.824. The molecule has 1 aromatic carbocycles. The standard InChI is InChI=1S/C24H33N5O4/c1-17-7-11-24(12-8-17)22(32)29(23(33)27-24)16-21(31)26-19-9-13-28(14-10-19)15-20(30)25-18-5-3-2-4-6-18/h2-6,17,19H,7-16H2,1H3,(H,25,30)(H,26,31)(H,27,33). The zero-order valence-electron chi connectivity index (χ0n) is 19.1. The van der Waals surface area contributed by atoms with Crippen LogP contribution in [-0.4, -0.2) is 71.3 Å². The molecule has 0 aromatic heterocycles. The SMILES string of the molecule is CC1CCC2(CC1)NC(=O)N(CC(=O)NC1CCN(CC(=O)Nc3ccccc3)CC1)C2=O. The number of nitrogens with zero attached hydrogens (tertiary/aromatic N) is 2. The summed E-state index contributed by atoms with van der Waals surface area (Å²) in [7, 11) is 0. The fourth-order valence-electron chi connectivity index (χ4n) is 4.99. The molecule has 3 N–H and O–H groups in total. The van der Waals surface area contributed by atoms with Crippen LogP contribution in [0.4, 0.5) is 10.5 Å². The molecule has 178 valence electrons. The lowest BCUT2D eigenvalue weighted by molar-refractivity contribution is -0.136. The van der Waals surface area contributed by atoms with Crippen molar-refractivity contribution < 1.29 is 19.2 Å². The summed E-state index contributed by atoms with van der Waals surface area (Å²) in [4.78, 5) is 53.3. The lowest BCUT2D eigenvalue weighted by Gasteiger charge is -2.33. The van der Waals surface area contributed by atoms with E-state index in [2.05, 4.69) is 27.8 Å². The number of benzene rings is 1. The Morgan fingerprint density at radius 3 is 2.33 bits per heavy atom. The van der Waals surface area contributed by atoms with Gasteiger partial charge in [-0.05, 0) is 56.6 Å². The van der Waals surface area contributed by atoms with Crippen LogP contribution in [-0.2, 0) is 14.4 Å². The summed E-state index contributed by atoms with van der Waals surface area (Å²) in [6, 6.07) is 8.84. The molecule has 2 saturated heterocycles. The smallest absolute Gasteiger partial charge is 0.325 e. The highest BCUT2D eigenvalue weighted by molar-refractivity contribution is 6.09. The van der Waals surface area contributed by atoms with Crippen molar-refractivity contribution in [3.63, 3.8) is 0 Å². The number of nitrogens with one attached hydrogen (secondary N) is 3. The summed E-state index contributed by atoms with van der Waals surface area (Å²) in [6.45, 7) is 3.59. The van der Waals surface area contributed by atoms with Gasteiger partial charge in [-0.3, -0.25) is 24.2 Å². The molecule has 5 amide bonds. The number of carbonyl (C=O) groups excluding carboxylic acids is 4. The monoisotopic (exact) mass is 455 g/mol. The number of hydrogen-bond donors (Lipinski definition) is 3. The average Bonchev–Trinajstić information content (AvgIpc) is 3.02. The van der Waals surface area contributed by atoms with Gasteiger partial charge in [0.2, 0.25) is 11.8 Å². The number of anilines is 1. The Bertz CT molecular complexity index is 889. The predicted octanol–water partition coefficient (Wildman–Crippen LogP) is 1.71. The van der Waals surface area contributed by atoms with Crippen molar-refractivity contribution in [2.24, 2.45) is 5.92 Å². The molecule has 0 radical (unpaired) electrons. The van der Waals surface area contributed by atoms with E-state index in [9.17, 15) is 19.2 Å². The highest BCUT2D eigenvalue weighted by Crippen LogP contribution is 2.36. The normalized spacial score (nSPS) is 26.3. The van der Waals surface area contributed by atoms with Crippen molar-refractivity contribution in [3.05, 3.63) is 30.3 Å². The number of para-hydroxylation sites is 1. The van der Waals surface area contributed by atoms with Crippen LogP contribution in [0.15, 0.2) is 30.3 Å². The third-order valence-corrected chi connectivity index (χ3v) is 7.05. The Balaban J connectivity index is 1.20. The van der Waals surface area contributed by atoms with Gasteiger partial charge in [0.15, 0.2) is 0 Å². The molecule has 1 aromatic rings. The van der Waals surface area contributed by atoms with Gasteiger partial charge in [0.1, 0.15) is 12.1 Å². The van der Waals surface area contributed by atoms with E-state index in [1.807, 2.05) is 30.3 Å². The highest BCUT2D eigenvalue weighted by Gasteiger charge is 2.52.